The molecule has 10 heteroatoms. The van der Waals surface area contributed by atoms with Crippen LogP contribution >= 0.6 is 11.6 Å². The molecular formula is C29H34ClF2NO5S. The van der Waals surface area contributed by atoms with E-state index in [1.807, 2.05) is 12.1 Å². The standard InChI is InChI=1S/C29H34ClF2NO5S/c30-21-7-5-20(6-8-21)18-29-12-15-37-25(22(29)19-38-28-24(32)10-9-23(31)27(28)29)11-17-39(35,36)16-3-14-33-13-2-1-4-26(33)34/h5-10,22,25H,1-4,11-19H2/t22-,25-,29-/m0/s1. The van der Waals surface area contributed by atoms with Gasteiger partial charge in [0.1, 0.15) is 15.7 Å². The molecule has 3 atom stereocenters. The summed E-state index contributed by atoms with van der Waals surface area (Å²) in [5.41, 5.74) is 0.298. The Morgan fingerprint density at radius 2 is 1.82 bits per heavy atom. The van der Waals surface area contributed by atoms with Crippen molar-refractivity contribution < 1.29 is 31.5 Å². The summed E-state index contributed by atoms with van der Waals surface area (Å²) >= 11 is 6.09. The fourth-order valence-corrected chi connectivity index (χ4v) is 7.96. The second-order valence-corrected chi connectivity index (χ2v) is 13.6. The molecule has 212 valence electrons. The van der Waals surface area contributed by atoms with E-state index in [4.69, 9.17) is 21.1 Å². The fraction of sp³-hybridized carbons (Fsp3) is 0.552. The highest BCUT2D eigenvalue weighted by Gasteiger charge is 2.53. The average molecular weight is 582 g/mol. The number of sulfone groups is 1. The molecule has 3 aliphatic heterocycles. The summed E-state index contributed by atoms with van der Waals surface area (Å²) < 4.78 is 68.0. The Kier molecular flexibility index (Phi) is 8.50. The van der Waals surface area contributed by atoms with Gasteiger partial charge < -0.3 is 14.4 Å². The summed E-state index contributed by atoms with van der Waals surface area (Å²) in [6.45, 7) is 1.52. The van der Waals surface area contributed by atoms with Crippen LogP contribution in [0.1, 0.15) is 49.7 Å². The van der Waals surface area contributed by atoms with Crippen molar-refractivity contribution in [2.75, 3.05) is 37.8 Å². The Balaban J connectivity index is 1.34. The normalized spacial score (nSPS) is 25.1. The lowest BCUT2D eigenvalue weighted by atomic mass is 9.60. The molecule has 2 saturated heterocycles. The molecule has 0 saturated carbocycles. The predicted octanol–water partition coefficient (Wildman–Crippen LogP) is 5.10. The number of halogens is 3. The van der Waals surface area contributed by atoms with Gasteiger partial charge in [-0.3, -0.25) is 4.79 Å². The minimum Gasteiger partial charge on any atom is -0.490 e. The van der Waals surface area contributed by atoms with Gasteiger partial charge in [-0.25, -0.2) is 17.2 Å². The Bertz CT molecular complexity index is 1310. The Morgan fingerprint density at radius 3 is 2.59 bits per heavy atom. The van der Waals surface area contributed by atoms with Crippen LogP contribution in [0, 0.1) is 17.6 Å². The van der Waals surface area contributed by atoms with Crippen LogP contribution in [-0.4, -0.2) is 63.1 Å². The summed E-state index contributed by atoms with van der Waals surface area (Å²) in [6.07, 6.45) is 3.36. The molecule has 0 radical (unpaired) electrons. The van der Waals surface area contributed by atoms with Gasteiger partial charge in [-0.15, -0.1) is 0 Å². The predicted molar refractivity (Wildman–Crippen MR) is 145 cm³/mol. The van der Waals surface area contributed by atoms with Gasteiger partial charge in [0, 0.05) is 48.0 Å². The van der Waals surface area contributed by atoms with Crippen molar-refractivity contribution in [2.45, 2.75) is 56.5 Å². The molecule has 3 heterocycles. The molecule has 2 aromatic carbocycles. The lowest BCUT2D eigenvalue weighted by Crippen LogP contribution is -2.55. The van der Waals surface area contributed by atoms with Gasteiger partial charge in [-0.05, 0) is 68.4 Å². The van der Waals surface area contributed by atoms with E-state index in [2.05, 4.69) is 0 Å². The lowest BCUT2D eigenvalue weighted by Gasteiger charge is -2.51. The van der Waals surface area contributed by atoms with Crippen LogP contribution in [-0.2, 0) is 31.2 Å². The van der Waals surface area contributed by atoms with Crippen molar-refractivity contribution in [1.29, 1.82) is 0 Å². The average Bonchev–Trinajstić information content (AvgIpc) is 2.91. The molecule has 0 unspecified atom stereocenters. The Labute approximate surface area is 233 Å². The minimum atomic E-state index is -3.40. The van der Waals surface area contributed by atoms with Crippen LogP contribution in [0.2, 0.25) is 5.02 Å². The van der Waals surface area contributed by atoms with Crippen molar-refractivity contribution in [3.63, 3.8) is 0 Å². The maximum absolute atomic E-state index is 15.4. The number of nitrogens with zero attached hydrogens (tertiary/aromatic N) is 1. The van der Waals surface area contributed by atoms with Gasteiger partial charge in [-0.1, -0.05) is 23.7 Å². The molecule has 0 bridgehead atoms. The molecule has 2 fully saturated rings. The molecule has 3 aliphatic rings. The summed E-state index contributed by atoms with van der Waals surface area (Å²) in [7, 11) is -3.40. The van der Waals surface area contributed by atoms with Crippen LogP contribution in [0.25, 0.3) is 0 Å². The maximum Gasteiger partial charge on any atom is 0.222 e. The third-order valence-corrected chi connectivity index (χ3v) is 10.5. The SMILES string of the molecule is O=C1CCCCN1CCCS(=O)(=O)CC[C@@H]1OCC[C@@]2(Cc3ccc(Cl)cc3)c3c(F)ccc(F)c3OC[C@@H]12. The minimum absolute atomic E-state index is 0.0107. The molecule has 0 aromatic heterocycles. The van der Waals surface area contributed by atoms with E-state index in [-0.39, 0.29) is 47.7 Å². The molecule has 2 aromatic rings. The fourth-order valence-electron chi connectivity index (χ4n) is 6.47. The van der Waals surface area contributed by atoms with Crippen LogP contribution in [0.3, 0.4) is 0 Å². The van der Waals surface area contributed by atoms with Crippen LogP contribution in [0.4, 0.5) is 8.78 Å². The number of benzene rings is 2. The molecule has 39 heavy (non-hydrogen) atoms. The van der Waals surface area contributed by atoms with E-state index in [9.17, 15) is 17.6 Å². The van der Waals surface area contributed by atoms with E-state index < -0.39 is 33.0 Å². The zero-order chi connectivity index (χ0) is 27.6. The molecular weight excluding hydrogens is 548 g/mol. The number of amides is 1. The number of fused-ring (bicyclic) bond motifs is 3. The smallest absolute Gasteiger partial charge is 0.222 e. The second kappa shape index (κ2) is 11.7. The first kappa shape index (κ1) is 28.3. The van der Waals surface area contributed by atoms with E-state index in [1.165, 1.54) is 0 Å². The number of piperidine rings is 1. The first-order chi connectivity index (χ1) is 18.7. The molecule has 6 nitrogen and oxygen atoms in total. The number of likely N-dealkylation sites (tertiary alicyclic amines) is 1. The number of ether oxygens (including phenoxy) is 2. The summed E-state index contributed by atoms with van der Waals surface area (Å²) in [5, 5.41) is 0.581. The van der Waals surface area contributed by atoms with Gasteiger partial charge in [0.15, 0.2) is 11.6 Å². The largest absolute Gasteiger partial charge is 0.490 e. The summed E-state index contributed by atoms with van der Waals surface area (Å²) in [5.74, 6) is -1.59. The van der Waals surface area contributed by atoms with Gasteiger partial charge in [0.25, 0.3) is 0 Å². The van der Waals surface area contributed by atoms with Crippen molar-refractivity contribution in [3.05, 3.63) is 64.2 Å². The third kappa shape index (κ3) is 6.10. The van der Waals surface area contributed by atoms with Crippen molar-refractivity contribution >= 4 is 27.3 Å². The van der Waals surface area contributed by atoms with Crippen LogP contribution in [0.15, 0.2) is 36.4 Å². The zero-order valence-corrected chi connectivity index (χ0v) is 23.4. The molecule has 5 rings (SSSR count). The van der Waals surface area contributed by atoms with Gasteiger partial charge in [0.2, 0.25) is 5.91 Å². The van der Waals surface area contributed by atoms with Crippen LogP contribution < -0.4 is 4.74 Å². The highest BCUT2D eigenvalue weighted by atomic mass is 35.5. The molecule has 0 N–H and O–H groups in total. The van der Waals surface area contributed by atoms with E-state index in [1.54, 1.807) is 17.0 Å². The number of carbonyl (C=O) groups is 1. The third-order valence-electron chi connectivity index (χ3n) is 8.45. The van der Waals surface area contributed by atoms with Crippen LogP contribution in [0.5, 0.6) is 5.75 Å². The Morgan fingerprint density at radius 1 is 1.05 bits per heavy atom. The maximum atomic E-state index is 15.4. The molecule has 1 amide bonds. The highest BCUT2D eigenvalue weighted by molar-refractivity contribution is 7.91. The Hall–Kier alpha value is -2.23. The van der Waals surface area contributed by atoms with Crippen molar-refractivity contribution in [1.82, 2.24) is 4.90 Å². The number of rotatable bonds is 9. The van der Waals surface area contributed by atoms with E-state index in [0.29, 0.717) is 50.4 Å². The topological polar surface area (TPSA) is 72.9 Å². The van der Waals surface area contributed by atoms with E-state index in [0.717, 1.165) is 30.5 Å². The van der Waals surface area contributed by atoms with Gasteiger partial charge >= 0.3 is 0 Å². The number of hydrogen-bond acceptors (Lipinski definition) is 5. The second-order valence-electron chi connectivity index (χ2n) is 10.9. The quantitative estimate of drug-likeness (QED) is 0.412. The van der Waals surface area contributed by atoms with Gasteiger partial charge in [-0.2, -0.15) is 0 Å². The first-order valence-electron chi connectivity index (χ1n) is 13.6. The number of carbonyl (C=O) groups excluding carboxylic acids is 1. The van der Waals surface area contributed by atoms with E-state index >= 15 is 4.39 Å². The van der Waals surface area contributed by atoms with Crippen molar-refractivity contribution in [2.24, 2.45) is 5.92 Å². The molecule has 0 spiro atoms. The number of hydrogen-bond donors (Lipinski definition) is 0. The molecule has 0 aliphatic carbocycles. The van der Waals surface area contributed by atoms with Crippen molar-refractivity contribution in [3.8, 4) is 5.75 Å². The first-order valence-corrected chi connectivity index (χ1v) is 15.8. The summed E-state index contributed by atoms with van der Waals surface area (Å²) in [6, 6.07) is 9.50. The zero-order valence-electron chi connectivity index (χ0n) is 21.8. The monoisotopic (exact) mass is 581 g/mol. The highest BCUT2D eigenvalue weighted by Crippen LogP contribution is 2.52. The lowest BCUT2D eigenvalue weighted by molar-refractivity contribution is -0.133. The van der Waals surface area contributed by atoms with Gasteiger partial charge in [0.05, 0.1) is 24.2 Å². The summed E-state index contributed by atoms with van der Waals surface area (Å²) in [4.78, 5) is 13.8.